The summed E-state index contributed by atoms with van der Waals surface area (Å²) in [6.07, 6.45) is 1.52. The molecule has 0 fully saturated rings. The van der Waals surface area contributed by atoms with E-state index in [2.05, 4.69) is 15.6 Å². The number of nitrogens with one attached hydrogen (secondary N) is 2. The molecule has 1 heterocycles. The monoisotopic (exact) mass is 407 g/mol. The molecule has 150 valence electrons. The fourth-order valence-corrected chi connectivity index (χ4v) is 3.86. The Balaban J connectivity index is 1.63. The normalized spacial score (nSPS) is 11.7. The van der Waals surface area contributed by atoms with Crippen LogP contribution in [-0.2, 0) is 16.0 Å². The molecule has 0 aliphatic rings. The van der Waals surface area contributed by atoms with Crippen LogP contribution in [0.2, 0.25) is 0 Å². The fraction of sp³-hybridized carbons (Fsp3) is 0.261. The average Bonchev–Trinajstić information content (AvgIpc) is 3.18. The first-order valence-corrected chi connectivity index (χ1v) is 10.6. The van der Waals surface area contributed by atoms with Crippen molar-refractivity contribution in [3.8, 4) is 11.3 Å². The Morgan fingerprint density at radius 1 is 1.07 bits per heavy atom. The van der Waals surface area contributed by atoms with Crippen molar-refractivity contribution in [1.29, 1.82) is 0 Å². The van der Waals surface area contributed by atoms with Crippen molar-refractivity contribution in [2.75, 3.05) is 11.9 Å². The van der Waals surface area contributed by atoms with Gasteiger partial charge in [-0.25, -0.2) is 4.98 Å². The van der Waals surface area contributed by atoms with Gasteiger partial charge >= 0.3 is 0 Å². The summed E-state index contributed by atoms with van der Waals surface area (Å²) in [5.74, 6) is -0.240. The Morgan fingerprint density at radius 2 is 1.79 bits per heavy atom. The largest absolute Gasteiger partial charge is 0.356 e. The van der Waals surface area contributed by atoms with E-state index in [1.807, 2.05) is 66.9 Å². The Kier molecular flexibility index (Phi) is 7.14. The number of carbonyl (C=O) groups excluding carboxylic acids is 2. The topological polar surface area (TPSA) is 71.1 Å². The lowest BCUT2D eigenvalue weighted by Gasteiger charge is -2.14. The summed E-state index contributed by atoms with van der Waals surface area (Å²) in [7, 11) is 0. The van der Waals surface area contributed by atoms with Crippen molar-refractivity contribution in [3.05, 3.63) is 71.1 Å². The summed E-state index contributed by atoms with van der Waals surface area (Å²) in [6.45, 7) is 4.16. The van der Waals surface area contributed by atoms with Gasteiger partial charge in [0.1, 0.15) is 0 Å². The molecule has 0 aliphatic heterocycles. The van der Waals surface area contributed by atoms with Gasteiger partial charge in [0.2, 0.25) is 11.8 Å². The van der Waals surface area contributed by atoms with Crippen LogP contribution in [0.25, 0.3) is 11.3 Å². The maximum atomic E-state index is 12.7. The van der Waals surface area contributed by atoms with Gasteiger partial charge in [-0.2, -0.15) is 0 Å². The highest BCUT2D eigenvalue weighted by Crippen LogP contribution is 2.27. The van der Waals surface area contributed by atoms with Crippen LogP contribution in [0.4, 0.5) is 5.13 Å². The molecule has 2 N–H and O–H groups in total. The molecule has 29 heavy (non-hydrogen) atoms. The number of anilines is 1. The minimum Gasteiger partial charge on any atom is -0.356 e. The SMILES string of the molecule is CC[C@H](C(=O)Nc1nc(-c2ccc(CCNC(C)=O)cc2)cs1)c1ccccc1. The van der Waals surface area contributed by atoms with E-state index >= 15 is 0 Å². The van der Waals surface area contributed by atoms with Crippen molar-refractivity contribution in [2.45, 2.75) is 32.6 Å². The molecule has 0 bridgehead atoms. The van der Waals surface area contributed by atoms with E-state index in [1.165, 1.54) is 18.3 Å². The van der Waals surface area contributed by atoms with Crippen LogP contribution in [0.1, 0.15) is 37.3 Å². The molecule has 1 aromatic heterocycles. The van der Waals surface area contributed by atoms with Crippen LogP contribution < -0.4 is 10.6 Å². The molecular formula is C23H25N3O2S. The van der Waals surface area contributed by atoms with Crippen molar-refractivity contribution in [3.63, 3.8) is 0 Å². The zero-order valence-corrected chi connectivity index (χ0v) is 17.5. The number of carbonyl (C=O) groups is 2. The number of amides is 2. The van der Waals surface area contributed by atoms with Crippen molar-refractivity contribution in [1.82, 2.24) is 10.3 Å². The lowest BCUT2D eigenvalue weighted by Crippen LogP contribution is -2.22. The summed E-state index contributed by atoms with van der Waals surface area (Å²) in [5, 5.41) is 8.31. The smallest absolute Gasteiger partial charge is 0.233 e. The second kappa shape index (κ2) is 9.98. The first-order chi connectivity index (χ1) is 14.1. The van der Waals surface area contributed by atoms with Gasteiger partial charge in [-0.1, -0.05) is 61.5 Å². The predicted octanol–water partition coefficient (Wildman–Crippen LogP) is 4.62. The molecule has 6 heteroatoms. The zero-order chi connectivity index (χ0) is 20.6. The zero-order valence-electron chi connectivity index (χ0n) is 16.6. The lowest BCUT2D eigenvalue weighted by atomic mass is 9.96. The molecule has 0 radical (unpaired) electrons. The average molecular weight is 408 g/mol. The molecule has 0 aliphatic carbocycles. The van der Waals surface area contributed by atoms with Crippen LogP contribution in [0, 0.1) is 0 Å². The molecule has 2 aromatic carbocycles. The van der Waals surface area contributed by atoms with Gasteiger partial charge in [-0.05, 0) is 24.0 Å². The van der Waals surface area contributed by atoms with Crippen LogP contribution in [-0.4, -0.2) is 23.3 Å². The van der Waals surface area contributed by atoms with Gasteiger partial charge in [0.25, 0.3) is 0 Å². The summed E-state index contributed by atoms with van der Waals surface area (Å²) >= 11 is 1.43. The standard InChI is InChI=1S/C23H25N3O2S/c1-3-20(18-7-5-4-6-8-18)22(28)26-23-25-21(15-29-23)19-11-9-17(10-12-19)13-14-24-16(2)27/h4-12,15,20H,3,13-14H2,1-2H3,(H,24,27)(H,25,26,28)/t20-/m0/s1. The molecule has 0 spiro atoms. The maximum absolute atomic E-state index is 12.7. The van der Waals surface area contributed by atoms with Gasteiger partial charge in [0.05, 0.1) is 11.6 Å². The number of benzene rings is 2. The minimum absolute atomic E-state index is 0.0174. The summed E-state index contributed by atoms with van der Waals surface area (Å²) in [4.78, 5) is 28.2. The van der Waals surface area contributed by atoms with E-state index in [4.69, 9.17) is 0 Å². The van der Waals surface area contributed by atoms with Gasteiger partial charge in [-0.3, -0.25) is 9.59 Å². The molecule has 0 saturated heterocycles. The first-order valence-electron chi connectivity index (χ1n) is 9.72. The molecule has 3 rings (SSSR count). The molecule has 3 aromatic rings. The van der Waals surface area contributed by atoms with Gasteiger partial charge in [0, 0.05) is 24.4 Å². The highest BCUT2D eigenvalue weighted by Gasteiger charge is 2.19. The molecule has 1 atom stereocenters. The highest BCUT2D eigenvalue weighted by atomic mass is 32.1. The van der Waals surface area contributed by atoms with Crippen LogP contribution in [0.15, 0.2) is 60.0 Å². The number of nitrogens with zero attached hydrogens (tertiary/aromatic N) is 1. The lowest BCUT2D eigenvalue weighted by molar-refractivity contribution is -0.119. The van der Waals surface area contributed by atoms with E-state index in [0.717, 1.165) is 35.2 Å². The van der Waals surface area contributed by atoms with Crippen LogP contribution in [0.3, 0.4) is 0 Å². The van der Waals surface area contributed by atoms with Crippen molar-refractivity contribution < 1.29 is 9.59 Å². The highest BCUT2D eigenvalue weighted by molar-refractivity contribution is 7.14. The third-order valence-electron chi connectivity index (χ3n) is 4.70. The summed E-state index contributed by atoms with van der Waals surface area (Å²) < 4.78 is 0. The molecule has 0 unspecified atom stereocenters. The number of thiazole rings is 1. The molecule has 5 nitrogen and oxygen atoms in total. The van der Waals surface area contributed by atoms with E-state index in [9.17, 15) is 9.59 Å². The van der Waals surface area contributed by atoms with E-state index in [-0.39, 0.29) is 17.7 Å². The summed E-state index contributed by atoms with van der Waals surface area (Å²) in [5.41, 5.74) is 4.01. The fourth-order valence-electron chi connectivity index (χ4n) is 3.14. The number of hydrogen-bond acceptors (Lipinski definition) is 4. The van der Waals surface area contributed by atoms with Crippen LogP contribution >= 0.6 is 11.3 Å². The van der Waals surface area contributed by atoms with E-state index < -0.39 is 0 Å². The molecule has 0 saturated carbocycles. The number of hydrogen-bond donors (Lipinski definition) is 2. The second-order valence-electron chi connectivity index (χ2n) is 6.83. The Hall–Kier alpha value is -2.99. The van der Waals surface area contributed by atoms with Crippen molar-refractivity contribution in [2.24, 2.45) is 0 Å². The number of rotatable bonds is 8. The molecular weight excluding hydrogens is 382 g/mol. The Bertz CT molecular complexity index is 952. The Morgan fingerprint density at radius 3 is 2.45 bits per heavy atom. The maximum Gasteiger partial charge on any atom is 0.233 e. The predicted molar refractivity (Wildman–Crippen MR) is 118 cm³/mol. The third kappa shape index (κ3) is 5.74. The van der Waals surface area contributed by atoms with E-state index in [1.54, 1.807) is 0 Å². The molecule has 2 amide bonds. The van der Waals surface area contributed by atoms with Crippen molar-refractivity contribution >= 4 is 28.3 Å². The second-order valence-corrected chi connectivity index (χ2v) is 7.69. The summed E-state index contributed by atoms with van der Waals surface area (Å²) in [6, 6.07) is 17.9. The van der Waals surface area contributed by atoms with E-state index in [0.29, 0.717) is 11.7 Å². The Labute approximate surface area is 175 Å². The van der Waals surface area contributed by atoms with Crippen LogP contribution in [0.5, 0.6) is 0 Å². The number of aromatic nitrogens is 1. The van der Waals surface area contributed by atoms with Gasteiger partial charge < -0.3 is 10.6 Å². The minimum atomic E-state index is -0.188. The third-order valence-corrected chi connectivity index (χ3v) is 5.46. The van der Waals surface area contributed by atoms with Gasteiger partial charge in [-0.15, -0.1) is 11.3 Å². The first kappa shape index (κ1) is 20.7. The van der Waals surface area contributed by atoms with Gasteiger partial charge in [0.15, 0.2) is 5.13 Å². The quantitative estimate of drug-likeness (QED) is 0.572.